The third-order valence-electron chi connectivity index (χ3n) is 4.99. The van der Waals surface area contributed by atoms with Crippen molar-refractivity contribution >= 4 is 23.2 Å². The molecule has 5 nitrogen and oxygen atoms in total. The van der Waals surface area contributed by atoms with E-state index in [0.29, 0.717) is 30.9 Å². The highest BCUT2D eigenvalue weighted by Gasteiger charge is 2.20. The number of thiazole rings is 1. The van der Waals surface area contributed by atoms with E-state index in [2.05, 4.69) is 44.9 Å². The van der Waals surface area contributed by atoms with Crippen LogP contribution in [0.2, 0.25) is 0 Å². The van der Waals surface area contributed by atoms with Gasteiger partial charge in [-0.3, -0.25) is 9.59 Å². The summed E-state index contributed by atoms with van der Waals surface area (Å²) < 4.78 is 0. The van der Waals surface area contributed by atoms with Gasteiger partial charge in [-0.25, -0.2) is 4.98 Å². The fourth-order valence-corrected chi connectivity index (χ4v) is 3.81. The number of aromatic nitrogens is 1. The van der Waals surface area contributed by atoms with Gasteiger partial charge in [-0.15, -0.1) is 11.3 Å². The van der Waals surface area contributed by atoms with Gasteiger partial charge in [0.1, 0.15) is 10.7 Å². The van der Waals surface area contributed by atoms with Gasteiger partial charge in [0.25, 0.3) is 11.8 Å². The zero-order valence-corrected chi connectivity index (χ0v) is 19.8. The van der Waals surface area contributed by atoms with E-state index >= 15 is 0 Å². The van der Waals surface area contributed by atoms with Gasteiger partial charge in [0, 0.05) is 24.0 Å². The molecule has 0 saturated heterocycles. The highest BCUT2D eigenvalue weighted by atomic mass is 32.1. The number of unbranched alkanes of at least 4 members (excludes halogenated alkanes) is 2. The first-order valence-electron chi connectivity index (χ1n) is 10.9. The molecule has 2 aromatic rings. The third-order valence-corrected chi connectivity index (χ3v) is 5.83. The summed E-state index contributed by atoms with van der Waals surface area (Å²) in [7, 11) is 0. The molecule has 0 aliphatic heterocycles. The van der Waals surface area contributed by atoms with E-state index < -0.39 is 0 Å². The summed E-state index contributed by atoms with van der Waals surface area (Å²) in [5.41, 5.74) is 2.38. The van der Waals surface area contributed by atoms with Crippen molar-refractivity contribution in [1.29, 1.82) is 0 Å². The predicted molar refractivity (Wildman–Crippen MR) is 124 cm³/mol. The lowest BCUT2D eigenvalue weighted by Gasteiger charge is -2.23. The smallest absolute Gasteiger partial charge is 0.270 e. The Bertz CT molecular complexity index is 822. The average Bonchev–Trinajstić information content (AvgIpc) is 3.19. The van der Waals surface area contributed by atoms with E-state index in [-0.39, 0.29) is 17.2 Å². The fourth-order valence-electron chi connectivity index (χ4n) is 3.02. The maximum absolute atomic E-state index is 13.2. The maximum Gasteiger partial charge on any atom is 0.270 e. The Morgan fingerprint density at radius 1 is 1.07 bits per heavy atom. The number of carbonyl (C=O) groups excluding carboxylic acids is 2. The van der Waals surface area contributed by atoms with Crippen LogP contribution in [0.1, 0.15) is 91.7 Å². The number of benzene rings is 1. The van der Waals surface area contributed by atoms with Crippen LogP contribution in [0.4, 0.5) is 0 Å². The summed E-state index contributed by atoms with van der Waals surface area (Å²) in [5.74, 6) is -0.136. The van der Waals surface area contributed by atoms with Crippen molar-refractivity contribution in [3.05, 3.63) is 51.5 Å². The number of hydrogen-bond acceptors (Lipinski definition) is 4. The number of hydrogen-bond donors (Lipinski definition) is 1. The summed E-state index contributed by atoms with van der Waals surface area (Å²) in [6.45, 7) is 12.4. The number of amides is 2. The van der Waals surface area contributed by atoms with E-state index in [4.69, 9.17) is 0 Å². The number of nitrogens with one attached hydrogen (secondary N) is 1. The van der Waals surface area contributed by atoms with Gasteiger partial charge in [-0.2, -0.15) is 0 Å². The molecule has 0 aliphatic rings. The molecule has 0 saturated carbocycles. The Kier molecular flexibility index (Phi) is 9.03. The summed E-state index contributed by atoms with van der Waals surface area (Å²) in [4.78, 5) is 31.7. The first-order chi connectivity index (χ1) is 14.3. The standard InChI is InChI=1S/C24H35N3O2S/c1-6-8-14-25-22(28)20-17-30-21(26-20)16-27(15-9-7-2)23(29)18-10-12-19(13-11-18)24(3,4)5/h10-13,17H,6-9,14-16H2,1-5H3,(H,25,28). The molecule has 1 N–H and O–H groups in total. The molecule has 0 aliphatic carbocycles. The minimum Gasteiger partial charge on any atom is -0.351 e. The van der Waals surface area contributed by atoms with E-state index in [1.165, 1.54) is 16.9 Å². The lowest BCUT2D eigenvalue weighted by molar-refractivity contribution is 0.0740. The van der Waals surface area contributed by atoms with Gasteiger partial charge in [0.2, 0.25) is 0 Å². The second-order valence-electron chi connectivity index (χ2n) is 8.64. The molecule has 2 rings (SSSR count). The summed E-state index contributed by atoms with van der Waals surface area (Å²) in [6, 6.07) is 7.90. The predicted octanol–water partition coefficient (Wildman–Crippen LogP) is 5.41. The highest BCUT2D eigenvalue weighted by molar-refractivity contribution is 7.09. The molecule has 1 aromatic carbocycles. The van der Waals surface area contributed by atoms with E-state index in [1.807, 2.05) is 29.2 Å². The van der Waals surface area contributed by atoms with Crippen LogP contribution in [0.15, 0.2) is 29.6 Å². The first-order valence-corrected chi connectivity index (χ1v) is 11.8. The Morgan fingerprint density at radius 3 is 2.33 bits per heavy atom. The van der Waals surface area contributed by atoms with Gasteiger partial charge in [0.15, 0.2) is 0 Å². The molecule has 30 heavy (non-hydrogen) atoms. The molecule has 6 heteroatoms. The van der Waals surface area contributed by atoms with Gasteiger partial charge in [-0.1, -0.05) is 59.6 Å². The molecule has 0 spiro atoms. The van der Waals surface area contributed by atoms with Crippen LogP contribution in [0.25, 0.3) is 0 Å². The van der Waals surface area contributed by atoms with Crippen LogP contribution in [0.5, 0.6) is 0 Å². The quantitative estimate of drug-likeness (QED) is 0.514. The lowest BCUT2D eigenvalue weighted by Crippen LogP contribution is -2.31. The summed E-state index contributed by atoms with van der Waals surface area (Å²) >= 11 is 1.43. The number of rotatable bonds is 10. The van der Waals surface area contributed by atoms with Crippen molar-refractivity contribution in [1.82, 2.24) is 15.2 Å². The molecule has 2 amide bonds. The second kappa shape index (κ2) is 11.3. The van der Waals surface area contributed by atoms with Crippen LogP contribution in [0, 0.1) is 0 Å². The molecule has 0 unspecified atom stereocenters. The molecule has 0 fully saturated rings. The molecule has 0 bridgehead atoms. The molecule has 0 atom stereocenters. The van der Waals surface area contributed by atoms with Gasteiger partial charge < -0.3 is 10.2 Å². The molecular formula is C24H35N3O2S. The van der Waals surface area contributed by atoms with Gasteiger partial charge >= 0.3 is 0 Å². The van der Waals surface area contributed by atoms with Crippen molar-refractivity contribution < 1.29 is 9.59 Å². The summed E-state index contributed by atoms with van der Waals surface area (Å²) in [6.07, 6.45) is 3.93. The van der Waals surface area contributed by atoms with Crippen LogP contribution < -0.4 is 5.32 Å². The van der Waals surface area contributed by atoms with Crippen LogP contribution in [0.3, 0.4) is 0 Å². The molecular weight excluding hydrogens is 394 g/mol. The lowest BCUT2D eigenvalue weighted by atomic mass is 9.86. The van der Waals surface area contributed by atoms with Crippen LogP contribution >= 0.6 is 11.3 Å². The van der Waals surface area contributed by atoms with Crippen molar-refractivity contribution in [2.24, 2.45) is 0 Å². The normalized spacial score (nSPS) is 11.4. The molecule has 1 heterocycles. The van der Waals surface area contributed by atoms with Crippen LogP contribution in [-0.2, 0) is 12.0 Å². The average molecular weight is 430 g/mol. The minimum absolute atomic E-state index is 0.00746. The SMILES string of the molecule is CCCCNC(=O)c1csc(CN(CCCC)C(=O)c2ccc(C(C)(C)C)cc2)n1. The topological polar surface area (TPSA) is 62.3 Å². The van der Waals surface area contributed by atoms with Gasteiger partial charge in [-0.05, 0) is 36.0 Å². The second-order valence-corrected chi connectivity index (χ2v) is 9.59. The Morgan fingerprint density at radius 2 is 1.73 bits per heavy atom. The number of nitrogens with zero attached hydrogens (tertiary/aromatic N) is 2. The van der Waals surface area contributed by atoms with Crippen LogP contribution in [-0.4, -0.2) is 34.8 Å². The molecule has 1 aromatic heterocycles. The zero-order chi connectivity index (χ0) is 22.1. The minimum atomic E-state index is -0.143. The number of carbonyl (C=O) groups is 2. The van der Waals surface area contributed by atoms with Gasteiger partial charge in [0.05, 0.1) is 6.54 Å². The zero-order valence-electron chi connectivity index (χ0n) is 19.0. The van der Waals surface area contributed by atoms with E-state index in [1.54, 1.807) is 5.38 Å². The van der Waals surface area contributed by atoms with Crippen molar-refractivity contribution in [3.63, 3.8) is 0 Å². The molecule has 0 radical (unpaired) electrons. The summed E-state index contributed by atoms with van der Waals surface area (Å²) in [5, 5.41) is 5.45. The highest BCUT2D eigenvalue weighted by Crippen LogP contribution is 2.23. The Balaban J connectivity index is 2.10. The molecule has 164 valence electrons. The fraction of sp³-hybridized carbons (Fsp3) is 0.542. The van der Waals surface area contributed by atoms with E-state index in [9.17, 15) is 9.59 Å². The largest absolute Gasteiger partial charge is 0.351 e. The van der Waals surface area contributed by atoms with Crippen molar-refractivity contribution in [3.8, 4) is 0 Å². The first kappa shape index (κ1) is 24.1. The van der Waals surface area contributed by atoms with Crippen molar-refractivity contribution in [2.75, 3.05) is 13.1 Å². The Hall–Kier alpha value is -2.21. The van der Waals surface area contributed by atoms with Crippen molar-refractivity contribution in [2.45, 2.75) is 72.3 Å². The van der Waals surface area contributed by atoms with E-state index in [0.717, 1.165) is 30.7 Å². The Labute approximate surface area is 184 Å². The third kappa shape index (κ3) is 6.94. The monoisotopic (exact) mass is 429 g/mol. The maximum atomic E-state index is 13.2.